The summed E-state index contributed by atoms with van der Waals surface area (Å²) in [6.45, 7) is 3.90. The summed E-state index contributed by atoms with van der Waals surface area (Å²) in [6.07, 6.45) is -1.11. The number of rotatable bonds is 6. The Labute approximate surface area is 163 Å². The molecule has 0 aliphatic heterocycles. The van der Waals surface area contributed by atoms with Crippen LogP contribution in [0.2, 0.25) is 0 Å². The van der Waals surface area contributed by atoms with Crippen LogP contribution >= 0.6 is 0 Å². The normalized spacial score (nSPS) is 11.5. The second-order valence-electron chi connectivity index (χ2n) is 6.54. The van der Waals surface area contributed by atoms with E-state index in [1.165, 1.54) is 0 Å². The summed E-state index contributed by atoms with van der Waals surface area (Å²) in [7, 11) is 0. The quantitative estimate of drug-likeness (QED) is 0.651. The second-order valence-corrected chi connectivity index (χ2v) is 6.54. The lowest BCUT2D eigenvalue weighted by Crippen LogP contribution is -2.18. The average Bonchev–Trinajstić information content (AvgIpc) is 2.69. The first-order valence-corrected chi connectivity index (χ1v) is 8.87. The molecule has 5 heteroatoms. The molecular weight excluding hydrogens is 354 g/mol. The van der Waals surface area contributed by atoms with Gasteiger partial charge in [-0.15, -0.1) is 0 Å². The van der Waals surface area contributed by atoms with Gasteiger partial charge in [0.25, 0.3) is 5.91 Å². The average molecular weight is 375 g/mol. The van der Waals surface area contributed by atoms with Crippen LogP contribution in [0.1, 0.15) is 33.2 Å². The monoisotopic (exact) mass is 375 g/mol. The fraction of sp³-hybridized carbons (Fsp3) is 0.130. The molecule has 0 radical (unpaired) electrons. The van der Waals surface area contributed by atoms with Gasteiger partial charge in [-0.1, -0.05) is 42.5 Å². The number of benzene rings is 3. The maximum atomic E-state index is 12.5. The van der Waals surface area contributed by atoms with E-state index in [2.05, 4.69) is 5.32 Å². The minimum Gasteiger partial charge on any atom is -0.478 e. The van der Waals surface area contributed by atoms with E-state index in [1.54, 1.807) is 48.5 Å². The number of amides is 1. The van der Waals surface area contributed by atoms with Crippen LogP contribution in [0.25, 0.3) is 0 Å². The highest BCUT2D eigenvalue weighted by Gasteiger charge is 2.21. The Morgan fingerprint density at radius 1 is 0.929 bits per heavy atom. The third kappa shape index (κ3) is 4.57. The summed E-state index contributed by atoms with van der Waals surface area (Å²) >= 11 is 0. The number of aryl methyl sites for hydroxylation is 2. The number of hydrogen-bond donors (Lipinski definition) is 2. The van der Waals surface area contributed by atoms with E-state index in [1.807, 2.05) is 38.1 Å². The Hall–Kier alpha value is -3.60. The van der Waals surface area contributed by atoms with E-state index in [9.17, 15) is 14.7 Å². The first-order chi connectivity index (χ1) is 13.4. The zero-order chi connectivity index (χ0) is 20.1. The van der Waals surface area contributed by atoms with Gasteiger partial charge in [0.05, 0.1) is 0 Å². The van der Waals surface area contributed by atoms with Crippen LogP contribution in [0.3, 0.4) is 0 Å². The third-order valence-electron chi connectivity index (χ3n) is 4.34. The number of carboxylic acid groups (broad SMARTS) is 1. The highest BCUT2D eigenvalue weighted by atomic mass is 16.5. The number of aliphatic carboxylic acids is 1. The Kier molecular flexibility index (Phi) is 5.75. The van der Waals surface area contributed by atoms with Crippen LogP contribution in [0, 0.1) is 13.8 Å². The van der Waals surface area contributed by atoms with Gasteiger partial charge in [0, 0.05) is 16.8 Å². The Balaban J connectivity index is 1.73. The van der Waals surface area contributed by atoms with Gasteiger partial charge >= 0.3 is 5.97 Å². The molecule has 0 fully saturated rings. The maximum absolute atomic E-state index is 12.5. The van der Waals surface area contributed by atoms with E-state index in [-0.39, 0.29) is 5.91 Å². The summed E-state index contributed by atoms with van der Waals surface area (Å²) in [6, 6.07) is 21.0. The van der Waals surface area contributed by atoms with Crippen molar-refractivity contribution < 1.29 is 19.4 Å². The van der Waals surface area contributed by atoms with Gasteiger partial charge < -0.3 is 15.2 Å². The zero-order valence-electron chi connectivity index (χ0n) is 15.7. The van der Waals surface area contributed by atoms with Gasteiger partial charge in [-0.05, 0) is 55.3 Å². The smallest absolute Gasteiger partial charge is 0.349 e. The fourth-order valence-corrected chi connectivity index (χ4v) is 2.77. The first-order valence-electron chi connectivity index (χ1n) is 8.87. The van der Waals surface area contributed by atoms with Crippen molar-refractivity contribution in [3.63, 3.8) is 0 Å². The summed E-state index contributed by atoms with van der Waals surface area (Å²) in [5.41, 5.74) is 3.81. The maximum Gasteiger partial charge on any atom is 0.349 e. The standard InChI is InChI=1S/C23H21NO4/c1-15-8-9-16(2)20(14-15)24-22(25)18-10-12-19(13-11-18)28-21(23(26)27)17-6-4-3-5-7-17/h3-14,21H,1-2H3,(H,24,25)(H,26,27). The molecule has 3 rings (SSSR count). The van der Waals surface area contributed by atoms with Crippen molar-refractivity contribution in [3.05, 3.63) is 95.1 Å². The molecule has 3 aromatic rings. The molecule has 5 nitrogen and oxygen atoms in total. The van der Waals surface area contributed by atoms with Gasteiger partial charge in [0.15, 0.2) is 0 Å². The van der Waals surface area contributed by atoms with Gasteiger partial charge in [0.1, 0.15) is 5.75 Å². The molecule has 0 aromatic heterocycles. The highest BCUT2D eigenvalue weighted by molar-refractivity contribution is 6.04. The minimum atomic E-state index is -1.11. The van der Waals surface area contributed by atoms with E-state index < -0.39 is 12.1 Å². The van der Waals surface area contributed by atoms with Crippen molar-refractivity contribution in [3.8, 4) is 5.75 Å². The molecule has 0 saturated heterocycles. The van der Waals surface area contributed by atoms with Crippen molar-refractivity contribution in [2.24, 2.45) is 0 Å². The third-order valence-corrected chi connectivity index (χ3v) is 4.34. The Bertz CT molecular complexity index is 981. The molecule has 2 N–H and O–H groups in total. The van der Waals surface area contributed by atoms with Crippen LogP contribution in [-0.2, 0) is 4.79 Å². The van der Waals surface area contributed by atoms with Crippen molar-refractivity contribution in [2.45, 2.75) is 20.0 Å². The molecule has 0 saturated carbocycles. The molecule has 142 valence electrons. The summed E-state index contributed by atoms with van der Waals surface area (Å²) in [5.74, 6) is -0.944. The van der Waals surface area contributed by atoms with Crippen LogP contribution in [-0.4, -0.2) is 17.0 Å². The van der Waals surface area contributed by atoms with Crippen molar-refractivity contribution in [1.82, 2.24) is 0 Å². The zero-order valence-corrected chi connectivity index (χ0v) is 15.7. The van der Waals surface area contributed by atoms with E-state index in [0.717, 1.165) is 16.8 Å². The molecule has 3 aromatic carbocycles. The Morgan fingerprint density at radius 2 is 1.61 bits per heavy atom. The lowest BCUT2D eigenvalue weighted by molar-refractivity contribution is -0.145. The van der Waals surface area contributed by atoms with Crippen molar-refractivity contribution in [2.75, 3.05) is 5.32 Å². The predicted octanol–water partition coefficient (Wildman–Crippen LogP) is 4.76. The molecule has 0 aliphatic rings. The SMILES string of the molecule is Cc1ccc(C)c(NC(=O)c2ccc(OC(C(=O)O)c3ccccc3)cc2)c1. The molecule has 1 atom stereocenters. The van der Waals surface area contributed by atoms with Gasteiger partial charge in [-0.25, -0.2) is 4.79 Å². The van der Waals surface area contributed by atoms with Crippen LogP contribution in [0.15, 0.2) is 72.8 Å². The number of hydrogen-bond acceptors (Lipinski definition) is 3. The lowest BCUT2D eigenvalue weighted by Gasteiger charge is -2.16. The van der Waals surface area contributed by atoms with Crippen LogP contribution in [0.4, 0.5) is 5.69 Å². The Morgan fingerprint density at radius 3 is 2.25 bits per heavy atom. The number of carboxylic acids is 1. The number of nitrogens with one attached hydrogen (secondary N) is 1. The molecule has 0 heterocycles. The number of carbonyl (C=O) groups is 2. The molecule has 28 heavy (non-hydrogen) atoms. The van der Waals surface area contributed by atoms with Gasteiger partial charge in [-0.3, -0.25) is 4.79 Å². The minimum absolute atomic E-state index is 0.238. The molecule has 0 spiro atoms. The number of ether oxygens (including phenoxy) is 1. The summed E-state index contributed by atoms with van der Waals surface area (Å²) in [4.78, 5) is 24.0. The van der Waals surface area contributed by atoms with Crippen LogP contribution < -0.4 is 10.1 Å². The van der Waals surface area contributed by atoms with Crippen molar-refractivity contribution >= 4 is 17.6 Å². The molecule has 1 amide bonds. The lowest BCUT2D eigenvalue weighted by atomic mass is 10.1. The van der Waals surface area contributed by atoms with Crippen molar-refractivity contribution in [1.29, 1.82) is 0 Å². The first kappa shape index (κ1) is 19.2. The van der Waals surface area contributed by atoms with E-state index in [4.69, 9.17) is 4.74 Å². The van der Waals surface area contributed by atoms with Gasteiger partial charge in [0.2, 0.25) is 6.10 Å². The second kappa shape index (κ2) is 8.39. The summed E-state index contributed by atoms with van der Waals surface area (Å²) in [5, 5.41) is 12.4. The van der Waals surface area contributed by atoms with E-state index in [0.29, 0.717) is 16.9 Å². The van der Waals surface area contributed by atoms with Crippen LogP contribution in [0.5, 0.6) is 5.75 Å². The molecule has 1 unspecified atom stereocenters. The predicted molar refractivity (Wildman–Crippen MR) is 108 cm³/mol. The number of anilines is 1. The molecular formula is C23H21NO4. The topological polar surface area (TPSA) is 75.6 Å². The fourth-order valence-electron chi connectivity index (χ4n) is 2.77. The number of carbonyl (C=O) groups excluding carboxylic acids is 1. The summed E-state index contributed by atoms with van der Waals surface area (Å²) < 4.78 is 5.62. The molecule has 0 bridgehead atoms. The van der Waals surface area contributed by atoms with Gasteiger partial charge in [-0.2, -0.15) is 0 Å². The highest BCUT2D eigenvalue weighted by Crippen LogP contribution is 2.23. The largest absolute Gasteiger partial charge is 0.478 e. The van der Waals surface area contributed by atoms with E-state index >= 15 is 0 Å². The molecule has 0 aliphatic carbocycles.